The summed E-state index contributed by atoms with van der Waals surface area (Å²) >= 11 is 0. The van der Waals surface area contributed by atoms with Gasteiger partial charge in [0.05, 0.1) is 6.20 Å². The van der Waals surface area contributed by atoms with E-state index in [0.29, 0.717) is 17.5 Å². The highest BCUT2D eigenvalue weighted by molar-refractivity contribution is 7.89. The maximum atomic E-state index is 13.0. The van der Waals surface area contributed by atoms with Gasteiger partial charge in [0.2, 0.25) is 10.0 Å². The van der Waals surface area contributed by atoms with Crippen molar-refractivity contribution >= 4 is 10.0 Å². The van der Waals surface area contributed by atoms with E-state index >= 15 is 0 Å². The molecule has 124 valence electrons. The van der Waals surface area contributed by atoms with Crippen LogP contribution in [0.3, 0.4) is 0 Å². The van der Waals surface area contributed by atoms with Crippen molar-refractivity contribution in [1.82, 2.24) is 19.0 Å². The number of piperazine rings is 1. The van der Waals surface area contributed by atoms with Gasteiger partial charge in [0.15, 0.2) is 0 Å². The lowest BCUT2D eigenvalue weighted by atomic mass is 10.1. The Morgan fingerprint density at radius 3 is 2.77 bits per heavy atom. The van der Waals surface area contributed by atoms with Gasteiger partial charge in [0, 0.05) is 37.4 Å². The molecular weight excluding hydrogens is 300 g/mol. The molecule has 1 aromatic rings. The molecule has 2 saturated heterocycles. The third kappa shape index (κ3) is 2.70. The van der Waals surface area contributed by atoms with E-state index in [1.807, 2.05) is 13.8 Å². The zero-order valence-electron chi connectivity index (χ0n) is 13.6. The molecule has 2 aliphatic rings. The van der Waals surface area contributed by atoms with E-state index in [2.05, 4.69) is 16.9 Å². The van der Waals surface area contributed by atoms with Gasteiger partial charge in [-0.05, 0) is 39.7 Å². The molecule has 0 saturated carbocycles. The van der Waals surface area contributed by atoms with Gasteiger partial charge in [-0.3, -0.25) is 9.58 Å². The van der Waals surface area contributed by atoms with Crippen molar-refractivity contribution in [3.8, 4) is 0 Å². The first-order valence-corrected chi connectivity index (χ1v) is 9.67. The van der Waals surface area contributed by atoms with E-state index in [4.69, 9.17) is 0 Å². The average molecular weight is 326 g/mol. The zero-order chi connectivity index (χ0) is 15.9. The van der Waals surface area contributed by atoms with Crippen molar-refractivity contribution in [3.05, 3.63) is 12.4 Å². The van der Waals surface area contributed by atoms with Gasteiger partial charge in [-0.25, -0.2) is 8.42 Å². The number of hydrogen-bond acceptors (Lipinski definition) is 4. The number of hydrogen-bond donors (Lipinski definition) is 0. The molecule has 2 aliphatic heterocycles. The van der Waals surface area contributed by atoms with Crippen molar-refractivity contribution in [2.75, 3.05) is 19.6 Å². The number of rotatable bonds is 4. The normalized spacial score (nSPS) is 27.5. The molecule has 3 heterocycles. The first-order chi connectivity index (χ1) is 10.4. The molecule has 0 aromatic carbocycles. The molecule has 0 N–H and O–H groups in total. The predicted molar refractivity (Wildman–Crippen MR) is 85.2 cm³/mol. The Kier molecular flexibility index (Phi) is 4.31. The Hall–Kier alpha value is -0.920. The maximum Gasteiger partial charge on any atom is 0.246 e. The maximum absolute atomic E-state index is 13.0. The smallest absolute Gasteiger partial charge is 0.246 e. The third-order valence-corrected chi connectivity index (χ3v) is 6.80. The van der Waals surface area contributed by atoms with E-state index < -0.39 is 10.0 Å². The lowest BCUT2D eigenvalue weighted by Gasteiger charge is -2.42. The quantitative estimate of drug-likeness (QED) is 0.845. The van der Waals surface area contributed by atoms with Crippen LogP contribution in [0.2, 0.25) is 0 Å². The largest absolute Gasteiger partial charge is 0.297 e. The Morgan fingerprint density at radius 1 is 1.36 bits per heavy atom. The van der Waals surface area contributed by atoms with Crippen LogP contribution < -0.4 is 0 Å². The Labute approximate surface area is 133 Å². The molecule has 0 spiro atoms. The lowest BCUT2D eigenvalue weighted by Crippen LogP contribution is -2.57. The summed E-state index contributed by atoms with van der Waals surface area (Å²) in [6.07, 6.45) is 6.28. The zero-order valence-corrected chi connectivity index (χ0v) is 14.5. The van der Waals surface area contributed by atoms with Gasteiger partial charge in [-0.15, -0.1) is 0 Å². The van der Waals surface area contributed by atoms with Crippen molar-refractivity contribution in [2.45, 2.75) is 63.1 Å². The molecule has 0 radical (unpaired) electrons. The SMILES string of the molecule is CCC1CN2CCCC2CN1S(=O)(=O)c1cnn(C(C)C)c1. The topological polar surface area (TPSA) is 58.4 Å². The summed E-state index contributed by atoms with van der Waals surface area (Å²) in [6, 6.07) is 0.622. The standard InChI is InChI=1S/C15H26N4O2S/c1-4-13-9-17-7-5-6-14(17)10-19(13)22(20,21)15-8-16-18(11-15)12(2)3/h8,11-14H,4-7,9-10H2,1-3H3. The molecule has 2 unspecified atom stereocenters. The monoisotopic (exact) mass is 326 g/mol. The van der Waals surface area contributed by atoms with Crippen LogP contribution in [0, 0.1) is 0 Å². The lowest BCUT2D eigenvalue weighted by molar-refractivity contribution is 0.106. The van der Waals surface area contributed by atoms with E-state index in [1.54, 1.807) is 15.2 Å². The second-order valence-electron chi connectivity index (χ2n) is 6.68. The van der Waals surface area contributed by atoms with Crippen molar-refractivity contribution < 1.29 is 8.42 Å². The fraction of sp³-hybridized carbons (Fsp3) is 0.800. The molecule has 22 heavy (non-hydrogen) atoms. The first kappa shape index (κ1) is 16.0. The second kappa shape index (κ2) is 5.94. The first-order valence-electron chi connectivity index (χ1n) is 8.23. The highest BCUT2D eigenvalue weighted by Gasteiger charge is 2.41. The minimum Gasteiger partial charge on any atom is -0.297 e. The molecule has 2 fully saturated rings. The Bertz CT molecular complexity index is 625. The van der Waals surface area contributed by atoms with Crippen LogP contribution in [0.15, 0.2) is 17.3 Å². The van der Waals surface area contributed by atoms with Gasteiger partial charge in [0.25, 0.3) is 0 Å². The molecule has 2 atom stereocenters. The van der Waals surface area contributed by atoms with Crippen LogP contribution in [-0.2, 0) is 10.0 Å². The fourth-order valence-corrected chi connectivity index (χ4v) is 5.23. The molecule has 0 aliphatic carbocycles. The molecule has 1 aromatic heterocycles. The average Bonchev–Trinajstić information content (AvgIpc) is 3.14. The third-order valence-electron chi connectivity index (χ3n) is 4.93. The fourth-order valence-electron chi connectivity index (χ4n) is 3.56. The minimum atomic E-state index is -3.45. The number of fused-ring (bicyclic) bond motifs is 1. The van der Waals surface area contributed by atoms with Gasteiger partial charge in [-0.2, -0.15) is 9.40 Å². The Morgan fingerprint density at radius 2 is 2.14 bits per heavy atom. The van der Waals surface area contributed by atoms with Gasteiger partial charge >= 0.3 is 0 Å². The van der Waals surface area contributed by atoms with E-state index in [-0.39, 0.29) is 12.1 Å². The van der Waals surface area contributed by atoms with Crippen LogP contribution in [0.25, 0.3) is 0 Å². The number of aromatic nitrogens is 2. The van der Waals surface area contributed by atoms with Crippen LogP contribution >= 0.6 is 0 Å². The van der Waals surface area contributed by atoms with Crippen LogP contribution in [0.4, 0.5) is 0 Å². The van der Waals surface area contributed by atoms with Crippen molar-refractivity contribution in [2.24, 2.45) is 0 Å². The summed E-state index contributed by atoms with van der Waals surface area (Å²) in [5.41, 5.74) is 0. The molecular formula is C15H26N4O2S. The van der Waals surface area contributed by atoms with Crippen molar-refractivity contribution in [3.63, 3.8) is 0 Å². The van der Waals surface area contributed by atoms with E-state index in [0.717, 1.165) is 25.9 Å². The molecule has 0 amide bonds. The summed E-state index contributed by atoms with van der Waals surface area (Å²) < 4.78 is 29.5. The highest BCUT2D eigenvalue weighted by atomic mass is 32.2. The minimum absolute atomic E-state index is 0.0711. The van der Waals surface area contributed by atoms with Crippen LogP contribution in [0.5, 0.6) is 0 Å². The van der Waals surface area contributed by atoms with Gasteiger partial charge in [0.1, 0.15) is 4.90 Å². The summed E-state index contributed by atoms with van der Waals surface area (Å²) in [7, 11) is -3.45. The Balaban J connectivity index is 1.88. The van der Waals surface area contributed by atoms with Crippen LogP contribution in [0.1, 0.15) is 46.1 Å². The summed E-state index contributed by atoms with van der Waals surface area (Å²) in [4.78, 5) is 2.78. The molecule has 7 heteroatoms. The molecule has 6 nitrogen and oxygen atoms in total. The summed E-state index contributed by atoms with van der Waals surface area (Å²) in [5, 5.41) is 4.19. The van der Waals surface area contributed by atoms with Gasteiger partial charge in [-0.1, -0.05) is 6.92 Å². The molecule has 0 bridgehead atoms. The van der Waals surface area contributed by atoms with Crippen molar-refractivity contribution in [1.29, 1.82) is 0 Å². The van der Waals surface area contributed by atoms with E-state index in [1.165, 1.54) is 12.6 Å². The van der Waals surface area contributed by atoms with E-state index in [9.17, 15) is 8.42 Å². The predicted octanol–water partition coefficient (Wildman–Crippen LogP) is 1.71. The van der Waals surface area contributed by atoms with Gasteiger partial charge < -0.3 is 0 Å². The summed E-state index contributed by atoms with van der Waals surface area (Å²) in [6.45, 7) is 8.65. The summed E-state index contributed by atoms with van der Waals surface area (Å²) in [5.74, 6) is 0. The second-order valence-corrected chi connectivity index (χ2v) is 8.57. The molecule has 3 rings (SSSR count). The number of nitrogens with zero attached hydrogens (tertiary/aromatic N) is 4. The highest BCUT2D eigenvalue weighted by Crippen LogP contribution is 2.30. The number of sulfonamides is 1. The van der Waals surface area contributed by atoms with Crippen LogP contribution in [-0.4, -0.2) is 59.1 Å².